The molecule has 0 aliphatic carbocycles. The standard InChI is InChI=1S/C17H18BrFN2/c1-11(14-9-13(18)5-6-16(14)19)21-8-7-12-3-2-4-17(20)15(12)10-21/h2-6,9,11H,7-8,10,20H2,1H3. The van der Waals surface area contributed by atoms with Crippen LogP contribution in [0.1, 0.15) is 29.7 Å². The number of hydrogen-bond acceptors (Lipinski definition) is 2. The molecule has 0 aromatic heterocycles. The minimum absolute atomic E-state index is 0.0234. The molecule has 1 heterocycles. The number of halogens is 2. The minimum Gasteiger partial charge on any atom is -0.398 e. The molecule has 0 saturated carbocycles. The Bertz CT molecular complexity index is 672. The molecule has 0 spiro atoms. The van der Waals surface area contributed by atoms with Crippen molar-refractivity contribution in [2.75, 3.05) is 12.3 Å². The molecule has 0 radical (unpaired) electrons. The lowest BCUT2D eigenvalue weighted by atomic mass is 9.95. The Kier molecular flexibility index (Phi) is 4.00. The van der Waals surface area contributed by atoms with Crippen LogP contribution >= 0.6 is 15.9 Å². The highest BCUT2D eigenvalue weighted by Gasteiger charge is 2.24. The largest absolute Gasteiger partial charge is 0.398 e. The van der Waals surface area contributed by atoms with Crippen LogP contribution in [0.4, 0.5) is 10.1 Å². The Labute approximate surface area is 132 Å². The maximum absolute atomic E-state index is 14.1. The van der Waals surface area contributed by atoms with Crippen LogP contribution in [-0.4, -0.2) is 11.4 Å². The maximum atomic E-state index is 14.1. The molecule has 21 heavy (non-hydrogen) atoms. The van der Waals surface area contributed by atoms with Crippen molar-refractivity contribution >= 4 is 21.6 Å². The third kappa shape index (κ3) is 2.83. The predicted octanol–water partition coefficient (Wildman–Crippen LogP) is 4.29. The lowest BCUT2D eigenvalue weighted by molar-refractivity contribution is 0.189. The topological polar surface area (TPSA) is 29.3 Å². The summed E-state index contributed by atoms with van der Waals surface area (Å²) in [6.07, 6.45) is 0.959. The van der Waals surface area contributed by atoms with Crippen LogP contribution in [0.3, 0.4) is 0 Å². The monoisotopic (exact) mass is 348 g/mol. The second kappa shape index (κ2) is 5.78. The zero-order chi connectivity index (χ0) is 15.0. The summed E-state index contributed by atoms with van der Waals surface area (Å²) in [6, 6.07) is 11.2. The van der Waals surface area contributed by atoms with E-state index in [-0.39, 0.29) is 11.9 Å². The molecule has 2 N–H and O–H groups in total. The highest BCUT2D eigenvalue weighted by atomic mass is 79.9. The average Bonchev–Trinajstić information content (AvgIpc) is 2.49. The summed E-state index contributed by atoms with van der Waals surface area (Å²) in [6.45, 7) is 3.74. The molecule has 1 atom stereocenters. The Morgan fingerprint density at radius 1 is 1.29 bits per heavy atom. The van der Waals surface area contributed by atoms with Gasteiger partial charge in [0.2, 0.25) is 0 Å². The van der Waals surface area contributed by atoms with E-state index in [1.807, 2.05) is 18.2 Å². The first-order chi connectivity index (χ1) is 10.1. The van der Waals surface area contributed by atoms with Crippen molar-refractivity contribution in [2.24, 2.45) is 0 Å². The first kappa shape index (κ1) is 14.5. The van der Waals surface area contributed by atoms with Gasteiger partial charge in [0.25, 0.3) is 0 Å². The van der Waals surface area contributed by atoms with Gasteiger partial charge in [-0.05, 0) is 48.7 Å². The van der Waals surface area contributed by atoms with E-state index >= 15 is 0 Å². The van der Waals surface area contributed by atoms with Gasteiger partial charge in [0.15, 0.2) is 0 Å². The van der Waals surface area contributed by atoms with E-state index in [1.54, 1.807) is 6.07 Å². The molecule has 1 aliphatic heterocycles. The van der Waals surface area contributed by atoms with Gasteiger partial charge in [-0.2, -0.15) is 0 Å². The summed E-state index contributed by atoms with van der Waals surface area (Å²) in [5.41, 5.74) is 10.1. The Hall–Kier alpha value is -1.39. The van der Waals surface area contributed by atoms with E-state index in [0.717, 1.165) is 35.2 Å². The van der Waals surface area contributed by atoms with E-state index in [4.69, 9.17) is 5.73 Å². The van der Waals surface area contributed by atoms with E-state index < -0.39 is 0 Å². The number of rotatable bonds is 2. The minimum atomic E-state index is -0.155. The smallest absolute Gasteiger partial charge is 0.128 e. The summed E-state index contributed by atoms with van der Waals surface area (Å²) in [4.78, 5) is 2.28. The van der Waals surface area contributed by atoms with E-state index in [9.17, 15) is 4.39 Å². The van der Waals surface area contributed by atoms with Crippen molar-refractivity contribution in [2.45, 2.75) is 25.9 Å². The molecule has 110 valence electrons. The van der Waals surface area contributed by atoms with Gasteiger partial charge in [-0.25, -0.2) is 4.39 Å². The molecule has 2 aromatic carbocycles. The summed E-state index contributed by atoms with van der Waals surface area (Å²) in [5, 5.41) is 0. The maximum Gasteiger partial charge on any atom is 0.128 e. The fraction of sp³-hybridized carbons (Fsp3) is 0.294. The molecular weight excluding hydrogens is 331 g/mol. The average molecular weight is 349 g/mol. The molecule has 3 rings (SSSR count). The molecular formula is C17H18BrFN2. The van der Waals surface area contributed by atoms with Crippen LogP contribution in [0.15, 0.2) is 40.9 Å². The van der Waals surface area contributed by atoms with E-state index in [2.05, 4.69) is 33.8 Å². The van der Waals surface area contributed by atoms with Gasteiger partial charge < -0.3 is 5.73 Å². The number of hydrogen-bond donors (Lipinski definition) is 1. The summed E-state index contributed by atoms with van der Waals surface area (Å²) in [7, 11) is 0. The zero-order valence-electron chi connectivity index (χ0n) is 11.9. The fourth-order valence-electron chi connectivity index (χ4n) is 2.99. The van der Waals surface area contributed by atoms with Crippen LogP contribution in [0.25, 0.3) is 0 Å². The second-order valence-corrected chi connectivity index (χ2v) is 6.46. The summed E-state index contributed by atoms with van der Waals surface area (Å²) < 4.78 is 15.0. The molecule has 0 fully saturated rings. The highest BCUT2D eigenvalue weighted by Crippen LogP contribution is 2.32. The molecule has 2 aromatic rings. The number of nitrogens with zero attached hydrogens (tertiary/aromatic N) is 1. The third-order valence-corrected chi connectivity index (χ3v) is 4.79. The molecule has 1 unspecified atom stereocenters. The van der Waals surface area contributed by atoms with Crippen LogP contribution in [-0.2, 0) is 13.0 Å². The molecule has 0 saturated heterocycles. The normalized spacial score (nSPS) is 16.5. The van der Waals surface area contributed by atoms with Gasteiger partial charge in [0.05, 0.1) is 0 Å². The van der Waals surface area contributed by atoms with Crippen molar-refractivity contribution < 1.29 is 4.39 Å². The van der Waals surface area contributed by atoms with Crippen molar-refractivity contribution in [3.05, 3.63) is 63.4 Å². The predicted molar refractivity (Wildman–Crippen MR) is 87.5 cm³/mol. The number of nitrogen functional groups attached to an aromatic ring is 1. The molecule has 2 nitrogen and oxygen atoms in total. The van der Waals surface area contributed by atoms with Crippen molar-refractivity contribution in [1.29, 1.82) is 0 Å². The van der Waals surface area contributed by atoms with Crippen LogP contribution < -0.4 is 5.73 Å². The Balaban J connectivity index is 1.89. The van der Waals surface area contributed by atoms with Crippen molar-refractivity contribution in [1.82, 2.24) is 4.90 Å². The van der Waals surface area contributed by atoms with E-state index in [1.165, 1.54) is 17.2 Å². The Morgan fingerprint density at radius 3 is 2.90 bits per heavy atom. The van der Waals surface area contributed by atoms with Gasteiger partial charge in [-0.3, -0.25) is 4.90 Å². The van der Waals surface area contributed by atoms with Crippen LogP contribution in [0, 0.1) is 5.82 Å². The first-order valence-corrected chi connectivity index (χ1v) is 7.91. The van der Waals surface area contributed by atoms with Gasteiger partial charge in [-0.15, -0.1) is 0 Å². The first-order valence-electron chi connectivity index (χ1n) is 7.11. The highest BCUT2D eigenvalue weighted by molar-refractivity contribution is 9.10. The molecule has 4 heteroatoms. The van der Waals surface area contributed by atoms with Gasteiger partial charge in [-0.1, -0.05) is 28.1 Å². The van der Waals surface area contributed by atoms with E-state index in [0.29, 0.717) is 0 Å². The lowest BCUT2D eigenvalue weighted by Gasteiger charge is -2.34. The number of benzene rings is 2. The van der Waals surface area contributed by atoms with Crippen LogP contribution in [0.2, 0.25) is 0 Å². The SMILES string of the molecule is CC(c1cc(Br)ccc1F)N1CCc2cccc(N)c2C1. The molecule has 1 aliphatic rings. The zero-order valence-corrected chi connectivity index (χ0v) is 13.5. The fourth-order valence-corrected chi connectivity index (χ4v) is 3.37. The van der Waals surface area contributed by atoms with Gasteiger partial charge >= 0.3 is 0 Å². The number of nitrogens with two attached hydrogens (primary N) is 1. The van der Waals surface area contributed by atoms with Crippen molar-refractivity contribution in [3.63, 3.8) is 0 Å². The number of anilines is 1. The summed E-state index contributed by atoms with van der Waals surface area (Å²) >= 11 is 3.42. The van der Waals surface area contributed by atoms with Crippen molar-refractivity contribution in [3.8, 4) is 0 Å². The van der Waals surface area contributed by atoms with Gasteiger partial charge in [0.1, 0.15) is 5.82 Å². The number of fused-ring (bicyclic) bond motifs is 1. The summed E-state index contributed by atoms with van der Waals surface area (Å²) in [5.74, 6) is -0.155. The second-order valence-electron chi connectivity index (χ2n) is 5.55. The van der Waals surface area contributed by atoms with Gasteiger partial charge in [0, 0.05) is 34.9 Å². The third-order valence-electron chi connectivity index (χ3n) is 4.29. The van der Waals surface area contributed by atoms with Crippen LogP contribution in [0.5, 0.6) is 0 Å². The quantitative estimate of drug-likeness (QED) is 0.820. The molecule has 0 bridgehead atoms. The Morgan fingerprint density at radius 2 is 2.10 bits per heavy atom. The lowest BCUT2D eigenvalue weighted by Crippen LogP contribution is -2.33. The molecule has 0 amide bonds.